The Hall–Kier alpha value is -2.03. The molecule has 0 aliphatic heterocycles. The zero-order valence-electron chi connectivity index (χ0n) is 17.0. The first-order valence-electron chi connectivity index (χ1n) is 10.7. The number of carbonyl (C=O) groups excluding carboxylic acids is 1. The molecule has 0 N–H and O–H groups in total. The molecule has 1 saturated carbocycles. The molecule has 1 fully saturated rings. The molecule has 0 spiro atoms. The van der Waals surface area contributed by atoms with Crippen molar-refractivity contribution in [2.75, 3.05) is 6.54 Å². The molecular formula is C24H34N2O. The molecule has 2 aromatic rings. The Kier molecular flexibility index (Phi) is 7.14. The van der Waals surface area contributed by atoms with E-state index in [0.717, 1.165) is 45.3 Å². The SMILES string of the molecule is CCCCN(Cc1cccn1Cc1ccccc1C)C(=O)C1CCCCC1. The summed E-state index contributed by atoms with van der Waals surface area (Å²) in [7, 11) is 0. The van der Waals surface area contributed by atoms with Crippen LogP contribution in [0.5, 0.6) is 0 Å². The Balaban J connectivity index is 1.73. The van der Waals surface area contributed by atoms with Gasteiger partial charge >= 0.3 is 0 Å². The van der Waals surface area contributed by atoms with Crippen LogP contribution in [0.3, 0.4) is 0 Å². The zero-order chi connectivity index (χ0) is 19.1. The highest BCUT2D eigenvalue weighted by Crippen LogP contribution is 2.26. The van der Waals surface area contributed by atoms with E-state index in [0.29, 0.717) is 5.91 Å². The fraction of sp³-hybridized carbons (Fsp3) is 0.542. The maximum absolute atomic E-state index is 13.2. The van der Waals surface area contributed by atoms with E-state index in [2.05, 4.69) is 65.9 Å². The van der Waals surface area contributed by atoms with Crippen molar-refractivity contribution in [1.82, 2.24) is 9.47 Å². The molecule has 0 atom stereocenters. The molecule has 1 aliphatic carbocycles. The van der Waals surface area contributed by atoms with E-state index in [1.807, 2.05) is 0 Å². The number of unbranched alkanes of at least 4 members (excludes halogenated alkanes) is 1. The molecule has 1 aromatic heterocycles. The van der Waals surface area contributed by atoms with Crippen LogP contribution in [0, 0.1) is 12.8 Å². The minimum atomic E-state index is 0.246. The van der Waals surface area contributed by atoms with Crippen LogP contribution in [0.4, 0.5) is 0 Å². The summed E-state index contributed by atoms with van der Waals surface area (Å²) in [6.07, 6.45) is 10.2. The summed E-state index contributed by atoms with van der Waals surface area (Å²) in [6.45, 7) is 6.84. The molecule has 1 aliphatic rings. The van der Waals surface area contributed by atoms with Crippen molar-refractivity contribution in [1.29, 1.82) is 0 Å². The predicted molar refractivity (Wildman–Crippen MR) is 112 cm³/mol. The van der Waals surface area contributed by atoms with Gasteiger partial charge in [0.1, 0.15) is 0 Å². The smallest absolute Gasteiger partial charge is 0.226 e. The van der Waals surface area contributed by atoms with Crippen LogP contribution in [-0.2, 0) is 17.9 Å². The van der Waals surface area contributed by atoms with Gasteiger partial charge in [-0.3, -0.25) is 4.79 Å². The van der Waals surface area contributed by atoms with E-state index >= 15 is 0 Å². The molecule has 0 saturated heterocycles. The summed E-state index contributed by atoms with van der Waals surface area (Å²) in [5, 5.41) is 0. The minimum absolute atomic E-state index is 0.246. The highest BCUT2D eigenvalue weighted by atomic mass is 16.2. The van der Waals surface area contributed by atoms with Crippen molar-refractivity contribution >= 4 is 5.91 Å². The molecule has 3 nitrogen and oxygen atoms in total. The van der Waals surface area contributed by atoms with E-state index in [4.69, 9.17) is 0 Å². The first-order valence-corrected chi connectivity index (χ1v) is 10.7. The average molecular weight is 367 g/mol. The van der Waals surface area contributed by atoms with Gasteiger partial charge < -0.3 is 9.47 Å². The lowest BCUT2D eigenvalue weighted by Crippen LogP contribution is -2.37. The number of carbonyl (C=O) groups is 1. The Bertz CT molecular complexity index is 727. The lowest BCUT2D eigenvalue weighted by Gasteiger charge is -2.30. The number of aryl methyl sites for hydroxylation is 1. The Morgan fingerprint density at radius 3 is 2.63 bits per heavy atom. The number of rotatable bonds is 8. The van der Waals surface area contributed by atoms with E-state index < -0.39 is 0 Å². The van der Waals surface area contributed by atoms with Gasteiger partial charge in [0.05, 0.1) is 6.54 Å². The topological polar surface area (TPSA) is 25.2 Å². The van der Waals surface area contributed by atoms with Gasteiger partial charge in [-0.15, -0.1) is 0 Å². The summed E-state index contributed by atoms with van der Waals surface area (Å²) in [6, 6.07) is 12.8. The minimum Gasteiger partial charge on any atom is -0.345 e. The van der Waals surface area contributed by atoms with Crippen molar-refractivity contribution in [2.45, 2.75) is 71.9 Å². The Morgan fingerprint density at radius 1 is 1.11 bits per heavy atom. The maximum atomic E-state index is 13.2. The van der Waals surface area contributed by atoms with E-state index in [1.165, 1.54) is 36.1 Å². The maximum Gasteiger partial charge on any atom is 0.226 e. The Labute approximate surface area is 164 Å². The second-order valence-electron chi connectivity index (χ2n) is 8.00. The first-order chi connectivity index (χ1) is 13.2. The van der Waals surface area contributed by atoms with Crippen LogP contribution >= 0.6 is 0 Å². The second kappa shape index (κ2) is 9.77. The van der Waals surface area contributed by atoms with Gasteiger partial charge in [-0.1, -0.05) is 56.9 Å². The molecular weight excluding hydrogens is 332 g/mol. The monoisotopic (exact) mass is 366 g/mol. The lowest BCUT2D eigenvalue weighted by atomic mass is 9.88. The highest BCUT2D eigenvalue weighted by molar-refractivity contribution is 5.78. The fourth-order valence-electron chi connectivity index (χ4n) is 4.14. The van der Waals surface area contributed by atoms with Crippen molar-refractivity contribution in [2.24, 2.45) is 5.92 Å². The third-order valence-electron chi connectivity index (χ3n) is 5.93. The first kappa shape index (κ1) is 19.7. The van der Waals surface area contributed by atoms with Crippen LogP contribution in [0.1, 0.15) is 68.7 Å². The van der Waals surface area contributed by atoms with Crippen LogP contribution in [0.25, 0.3) is 0 Å². The van der Waals surface area contributed by atoms with E-state index in [9.17, 15) is 4.79 Å². The van der Waals surface area contributed by atoms with Gasteiger partial charge in [0, 0.05) is 30.9 Å². The fourth-order valence-corrected chi connectivity index (χ4v) is 4.14. The third kappa shape index (κ3) is 5.24. The Morgan fingerprint density at radius 2 is 1.89 bits per heavy atom. The van der Waals surface area contributed by atoms with Crippen molar-refractivity contribution in [3.05, 3.63) is 59.4 Å². The molecule has 1 amide bonds. The number of hydrogen-bond donors (Lipinski definition) is 0. The van der Waals surface area contributed by atoms with Crippen molar-refractivity contribution in [3.63, 3.8) is 0 Å². The van der Waals surface area contributed by atoms with Crippen LogP contribution < -0.4 is 0 Å². The van der Waals surface area contributed by atoms with Gasteiger partial charge in [-0.05, 0) is 49.4 Å². The summed E-state index contributed by atoms with van der Waals surface area (Å²) in [4.78, 5) is 15.3. The molecule has 0 bridgehead atoms. The van der Waals surface area contributed by atoms with Crippen molar-refractivity contribution in [3.8, 4) is 0 Å². The predicted octanol–water partition coefficient (Wildman–Crippen LogP) is 5.55. The third-order valence-corrected chi connectivity index (χ3v) is 5.93. The van der Waals surface area contributed by atoms with Crippen molar-refractivity contribution < 1.29 is 4.79 Å². The zero-order valence-corrected chi connectivity index (χ0v) is 17.0. The highest BCUT2D eigenvalue weighted by Gasteiger charge is 2.26. The van der Waals surface area contributed by atoms with Gasteiger partial charge in [-0.2, -0.15) is 0 Å². The summed E-state index contributed by atoms with van der Waals surface area (Å²) < 4.78 is 2.30. The molecule has 1 aromatic carbocycles. The van der Waals surface area contributed by atoms with Gasteiger partial charge in [-0.25, -0.2) is 0 Å². The summed E-state index contributed by atoms with van der Waals surface area (Å²) >= 11 is 0. The second-order valence-corrected chi connectivity index (χ2v) is 8.00. The largest absolute Gasteiger partial charge is 0.345 e. The van der Waals surface area contributed by atoms with Crippen LogP contribution in [0.15, 0.2) is 42.6 Å². The molecule has 146 valence electrons. The molecule has 3 heteroatoms. The van der Waals surface area contributed by atoms with Gasteiger partial charge in [0.15, 0.2) is 0 Å². The van der Waals surface area contributed by atoms with E-state index in [-0.39, 0.29) is 5.92 Å². The van der Waals surface area contributed by atoms with Crippen LogP contribution in [0.2, 0.25) is 0 Å². The summed E-state index contributed by atoms with van der Waals surface area (Å²) in [5.41, 5.74) is 3.89. The standard InChI is InChI=1S/C24H34N2O/c1-3-4-16-26(24(27)21-12-6-5-7-13-21)19-23-15-10-17-25(23)18-22-14-9-8-11-20(22)2/h8-11,14-15,17,21H,3-7,12-13,16,18-19H2,1-2H3. The number of nitrogens with zero attached hydrogens (tertiary/aromatic N) is 2. The normalized spacial score (nSPS) is 15.0. The summed E-state index contributed by atoms with van der Waals surface area (Å²) in [5.74, 6) is 0.627. The van der Waals surface area contributed by atoms with Crippen LogP contribution in [-0.4, -0.2) is 21.9 Å². The van der Waals surface area contributed by atoms with Gasteiger partial charge in [0.2, 0.25) is 5.91 Å². The van der Waals surface area contributed by atoms with Gasteiger partial charge in [0.25, 0.3) is 0 Å². The molecule has 0 unspecified atom stereocenters. The molecule has 0 radical (unpaired) electrons. The lowest BCUT2D eigenvalue weighted by molar-refractivity contribution is -0.137. The quantitative estimate of drug-likeness (QED) is 0.601. The van der Waals surface area contributed by atoms with E-state index in [1.54, 1.807) is 0 Å². The molecule has 3 rings (SSSR count). The molecule has 27 heavy (non-hydrogen) atoms. The number of benzene rings is 1. The number of amides is 1. The number of aromatic nitrogens is 1. The molecule has 1 heterocycles. The average Bonchev–Trinajstić information content (AvgIpc) is 3.13. The number of hydrogen-bond acceptors (Lipinski definition) is 1.